The molecule has 0 aromatic carbocycles. The van der Waals surface area contributed by atoms with Crippen LogP contribution >= 0.6 is 0 Å². The Morgan fingerprint density at radius 2 is 1.74 bits per heavy atom. The molecule has 0 spiro atoms. The molecule has 3 N–H and O–H groups in total. The Morgan fingerprint density at radius 3 is 2.42 bits per heavy atom. The van der Waals surface area contributed by atoms with Gasteiger partial charge in [-0.25, -0.2) is 0 Å². The number of nitrogens with one attached hydrogen (secondary N) is 1. The van der Waals surface area contributed by atoms with E-state index in [1.165, 1.54) is 6.42 Å². The van der Waals surface area contributed by atoms with Crippen molar-refractivity contribution < 1.29 is 9.59 Å². The second-order valence-corrected chi connectivity index (χ2v) is 5.71. The normalized spacial score (nSPS) is 27.9. The Morgan fingerprint density at radius 1 is 1.05 bits per heavy atom. The number of hydrogen-bond acceptors (Lipinski definition) is 3. The van der Waals surface area contributed by atoms with Crippen molar-refractivity contribution in [3.63, 3.8) is 0 Å². The average molecular weight is 267 g/mol. The van der Waals surface area contributed by atoms with E-state index in [2.05, 4.69) is 5.32 Å². The van der Waals surface area contributed by atoms with Crippen molar-refractivity contribution in [2.24, 2.45) is 11.7 Å². The molecule has 2 rings (SSSR count). The van der Waals surface area contributed by atoms with E-state index < -0.39 is 0 Å². The summed E-state index contributed by atoms with van der Waals surface area (Å²) in [6.45, 7) is 1.79. The molecule has 2 fully saturated rings. The van der Waals surface area contributed by atoms with E-state index in [1.807, 2.05) is 4.90 Å². The molecule has 1 saturated carbocycles. The summed E-state index contributed by atoms with van der Waals surface area (Å²) >= 11 is 0. The van der Waals surface area contributed by atoms with Crippen LogP contribution < -0.4 is 11.1 Å². The number of carbonyl (C=O) groups excluding carboxylic acids is 2. The van der Waals surface area contributed by atoms with Gasteiger partial charge >= 0.3 is 0 Å². The van der Waals surface area contributed by atoms with Gasteiger partial charge in [-0.3, -0.25) is 9.59 Å². The number of likely N-dealkylation sites (tertiary alicyclic amines) is 1. The van der Waals surface area contributed by atoms with Crippen LogP contribution in [-0.4, -0.2) is 42.4 Å². The predicted octanol–water partition coefficient (Wildman–Crippen LogP) is 0.633. The van der Waals surface area contributed by atoms with E-state index in [4.69, 9.17) is 5.73 Å². The third-order valence-electron chi connectivity index (χ3n) is 4.28. The minimum absolute atomic E-state index is 0.0393. The monoisotopic (exact) mass is 267 g/mol. The van der Waals surface area contributed by atoms with Gasteiger partial charge in [-0.15, -0.1) is 0 Å². The fraction of sp³-hybridized carbons (Fsp3) is 0.857. The fourth-order valence-electron chi connectivity index (χ4n) is 3.03. The van der Waals surface area contributed by atoms with Gasteiger partial charge in [-0.1, -0.05) is 12.8 Å². The second kappa shape index (κ2) is 6.89. The molecule has 0 aromatic rings. The lowest BCUT2D eigenvalue weighted by Gasteiger charge is -2.29. The van der Waals surface area contributed by atoms with Crippen molar-refractivity contribution in [2.75, 3.05) is 19.6 Å². The van der Waals surface area contributed by atoms with Gasteiger partial charge in [-0.2, -0.15) is 0 Å². The molecule has 19 heavy (non-hydrogen) atoms. The first-order chi connectivity index (χ1) is 9.18. The lowest BCUT2D eigenvalue weighted by atomic mass is 9.84. The molecule has 0 radical (unpaired) electrons. The summed E-state index contributed by atoms with van der Waals surface area (Å²) in [6.07, 6.45) is 7.29. The lowest BCUT2D eigenvalue weighted by Crippen LogP contribution is -2.47. The Kier molecular flexibility index (Phi) is 5.19. The summed E-state index contributed by atoms with van der Waals surface area (Å²) in [4.78, 5) is 25.8. The van der Waals surface area contributed by atoms with Gasteiger partial charge in [-0.05, 0) is 32.1 Å². The van der Waals surface area contributed by atoms with Crippen molar-refractivity contribution in [3.05, 3.63) is 0 Å². The van der Waals surface area contributed by atoms with E-state index in [9.17, 15) is 9.59 Å². The Labute approximate surface area is 114 Å². The van der Waals surface area contributed by atoms with Crippen LogP contribution in [0.3, 0.4) is 0 Å². The first-order valence-corrected chi connectivity index (χ1v) is 7.49. The third-order valence-corrected chi connectivity index (χ3v) is 4.28. The molecule has 1 saturated heterocycles. The summed E-state index contributed by atoms with van der Waals surface area (Å²) in [5.41, 5.74) is 5.97. The van der Waals surface area contributed by atoms with Gasteiger partial charge in [0.1, 0.15) is 0 Å². The number of hydrogen-bond donors (Lipinski definition) is 2. The van der Waals surface area contributed by atoms with Crippen molar-refractivity contribution in [1.29, 1.82) is 0 Å². The summed E-state index contributed by atoms with van der Waals surface area (Å²) in [6, 6.07) is -0.0427. The summed E-state index contributed by atoms with van der Waals surface area (Å²) in [5, 5.41) is 2.77. The maximum absolute atomic E-state index is 12.0. The number of piperidine rings is 1. The molecule has 2 amide bonds. The highest BCUT2D eigenvalue weighted by Crippen LogP contribution is 2.22. The maximum Gasteiger partial charge on any atom is 0.241 e. The zero-order chi connectivity index (χ0) is 13.7. The molecule has 1 aliphatic heterocycles. The second-order valence-electron chi connectivity index (χ2n) is 5.71. The predicted molar refractivity (Wildman–Crippen MR) is 73.4 cm³/mol. The van der Waals surface area contributed by atoms with Crippen molar-refractivity contribution >= 4 is 11.8 Å². The number of carbonyl (C=O) groups is 2. The Bertz CT molecular complexity index is 327. The molecule has 2 aliphatic rings. The van der Waals surface area contributed by atoms with Crippen LogP contribution in [0, 0.1) is 5.92 Å². The minimum atomic E-state index is -0.108. The zero-order valence-corrected chi connectivity index (χ0v) is 11.6. The van der Waals surface area contributed by atoms with Crippen molar-refractivity contribution in [1.82, 2.24) is 10.2 Å². The number of nitrogens with two attached hydrogens (primary N) is 1. The fourth-order valence-corrected chi connectivity index (χ4v) is 3.03. The zero-order valence-electron chi connectivity index (χ0n) is 11.6. The third kappa shape index (κ3) is 3.93. The molecule has 2 atom stereocenters. The van der Waals surface area contributed by atoms with Gasteiger partial charge in [0, 0.05) is 19.1 Å². The molecule has 2 unspecified atom stereocenters. The largest absolute Gasteiger partial charge is 0.347 e. The molecule has 108 valence electrons. The Balaban J connectivity index is 1.74. The first kappa shape index (κ1) is 14.3. The standard InChI is InChI=1S/C14H25N3O2/c15-12-7-3-2-6-11(12)14(19)16-10-13(18)17-8-4-1-5-9-17/h11-12H,1-10,15H2,(H,16,19). The van der Waals surface area contributed by atoms with E-state index in [-0.39, 0.29) is 30.3 Å². The molecular weight excluding hydrogens is 242 g/mol. The smallest absolute Gasteiger partial charge is 0.241 e. The van der Waals surface area contributed by atoms with Crippen LogP contribution in [0.25, 0.3) is 0 Å². The van der Waals surface area contributed by atoms with Gasteiger partial charge in [0.15, 0.2) is 0 Å². The van der Waals surface area contributed by atoms with Crippen LogP contribution in [0.2, 0.25) is 0 Å². The molecule has 0 bridgehead atoms. The van der Waals surface area contributed by atoms with Crippen LogP contribution in [0.15, 0.2) is 0 Å². The van der Waals surface area contributed by atoms with Crippen LogP contribution in [0.5, 0.6) is 0 Å². The molecule has 5 heteroatoms. The van der Waals surface area contributed by atoms with E-state index >= 15 is 0 Å². The summed E-state index contributed by atoms with van der Waals surface area (Å²) in [5.74, 6) is -0.113. The highest BCUT2D eigenvalue weighted by atomic mass is 16.2. The molecule has 1 heterocycles. The van der Waals surface area contributed by atoms with Gasteiger partial charge in [0.25, 0.3) is 0 Å². The highest BCUT2D eigenvalue weighted by Gasteiger charge is 2.28. The first-order valence-electron chi connectivity index (χ1n) is 7.49. The molecular formula is C14H25N3O2. The Hall–Kier alpha value is -1.10. The van der Waals surface area contributed by atoms with Crippen LogP contribution in [0.4, 0.5) is 0 Å². The van der Waals surface area contributed by atoms with E-state index in [0.717, 1.165) is 51.6 Å². The summed E-state index contributed by atoms with van der Waals surface area (Å²) < 4.78 is 0. The molecule has 5 nitrogen and oxygen atoms in total. The van der Waals surface area contributed by atoms with E-state index in [1.54, 1.807) is 0 Å². The van der Waals surface area contributed by atoms with Crippen LogP contribution in [-0.2, 0) is 9.59 Å². The topological polar surface area (TPSA) is 75.4 Å². The van der Waals surface area contributed by atoms with Crippen molar-refractivity contribution in [3.8, 4) is 0 Å². The lowest BCUT2D eigenvalue weighted by molar-refractivity contribution is -0.135. The number of rotatable bonds is 3. The van der Waals surface area contributed by atoms with Crippen molar-refractivity contribution in [2.45, 2.75) is 51.0 Å². The molecule has 1 aliphatic carbocycles. The van der Waals surface area contributed by atoms with Gasteiger partial charge < -0.3 is 16.0 Å². The summed E-state index contributed by atoms with van der Waals surface area (Å²) in [7, 11) is 0. The highest BCUT2D eigenvalue weighted by molar-refractivity contribution is 5.86. The number of amides is 2. The van der Waals surface area contributed by atoms with E-state index in [0.29, 0.717) is 0 Å². The van der Waals surface area contributed by atoms with Gasteiger partial charge in [0.2, 0.25) is 11.8 Å². The quantitative estimate of drug-likeness (QED) is 0.787. The van der Waals surface area contributed by atoms with Crippen LogP contribution in [0.1, 0.15) is 44.9 Å². The number of nitrogens with zero attached hydrogens (tertiary/aromatic N) is 1. The SMILES string of the molecule is NC1CCCCC1C(=O)NCC(=O)N1CCCCC1. The molecule has 0 aromatic heterocycles. The average Bonchev–Trinajstić information content (AvgIpc) is 2.46. The minimum Gasteiger partial charge on any atom is -0.347 e. The maximum atomic E-state index is 12.0. The van der Waals surface area contributed by atoms with Gasteiger partial charge in [0.05, 0.1) is 12.5 Å².